The Balaban J connectivity index is 2.36. The standard InChI is InChI=1S/C7H3N6O/c1-4(12-13-14-1)5-6-7(10-2-8-5)11-3-9-6/h1,3H,(H,8,9,10,11). The van der Waals surface area contributed by atoms with Crippen molar-refractivity contribution in [1.29, 1.82) is 0 Å². The van der Waals surface area contributed by atoms with Crippen molar-refractivity contribution in [1.82, 2.24) is 30.3 Å². The second-order valence-electron chi connectivity index (χ2n) is 2.56. The highest BCUT2D eigenvalue weighted by molar-refractivity contribution is 5.84. The lowest BCUT2D eigenvalue weighted by Gasteiger charge is -1.92. The van der Waals surface area contributed by atoms with Crippen LogP contribution in [0.15, 0.2) is 17.1 Å². The topological polar surface area (TPSA) is 93.4 Å². The van der Waals surface area contributed by atoms with Crippen LogP contribution in [-0.2, 0) is 0 Å². The molecule has 7 nitrogen and oxygen atoms in total. The average Bonchev–Trinajstić information content (AvgIpc) is 2.88. The van der Waals surface area contributed by atoms with Crippen molar-refractivity contribution < 1.29 is 4.52 Å². The molecule has 1 N–H and O–H groups in total. The van der Waals surface area contributed by atoms with Crippen molar-refractivity contribution in [2.45, 2.75) is 0 Å². The largest absolute Gasteiger partial charge is 0.345 e. The van der Waals surface area contributed by atoms with Crippen LogP contribution >= 0.6 is 0 Å². The molecule has 3 aromatic rings. The summed E-state index contributed by atoms with van der Waals surface area (Å²) in [7, 11) is 0. The van der Waals surface area contributed by atoms with Crippen LogP contribution in [0.25, 0.3) is 22.6 Å². The maximum atomic E-state index is 4.62. The molecular weight excluding hydrogens is 184 g/mol. The zero-order valence-corrected chi connectivity index (χ0v) is 6.80. The van der Waals surface area contributed by atoms with Gasteiger partial charge < -0.3 is 9.51 Å². The molecule has 0 amide bonds. The first-order chi connectivity index (χ1) is 6.95. The number of hydrogen-bond acceptors (Lipinski definition) is 6. The zero-order chi connectivity index (χ0) is 9.38. The number of imidazole rings is 1. The summed E-state index contributed by atoms with van der Waals surface area (Å²) in [6.45, 7) is 0. The molecule has 67 valence electrons. The van der Waals surface area contributed by atoms with Gasteiger partial charge in [-0.3, -0.25) is 0 Å². The number of aromatic nitrogens is 6. The summed E-state index contributed by atoms with van der Waals surface area (Å²) in [5.74, 6) is 0. The Morgan fingerprint density at radius 3 is 3.21 bits per heavy atom. The van der Waals surface area contributed by atoms with Gasteiger partial charge in [0.05, 0.1) is 6.33 Å². The van der Waals surface area contributed by atoms with Gasteiger partial charge in [0.25, 0.3) is 0 Å². The predicted molar refractivity (Wildman–Crippen MR) is 43.8 cm³/mol. The van der Waals surface area contributed by atoms with Crippen LogP contribution in [0.4, 0.5) is 0 Å². The van der Waals surface area contributed by atoms with E-state index in [9.17, 15) is 0 Å². The average molecular weight is 187 g/mol. The van der Waals surface area contributed by atoms with Crippen LogP contribution < -0.4 is 0 Å². The van der Waals surface area contributed by atoms with Gasteiger partial charge in [-0.05, 0) is 0 Å². The third-order valence-electron chi connectivity index (χ3n) is 1.77. The van der Waals surface area contributed by atoms with Crippen LogP contribution in [0.3, 0.4) is 0 Å². The first-order valence-corrected chi connectivity index (χ1v) is 3.80. The molecule has 0 fully saturated rings. The molecule has 0 aliphatic rings. The maximum Gasteiger partial charge on any atom is 0.200 e. The normalized spacial score (nSPS) is 10.9. The molecule has 0 aliphatic carbocycles. The van der Waals surface area contributed by atoms with Gasteiger partial charge in [0, 0.05) is 5.27 Å². The molecule has 0 spiro atoms. The third kappa shape index (κ3) is 0.889. The zero-order valence-electron chi connectivity index (χ0n) is 6.80. The second-order valence-corrected chi connectivity index (χ2v) is 2.56. The minimum absolute atomic E-state index is 0.515. The minimum Gasteiger partial charge on any atom is -0.345 e. The number of nitrogens with one attached hydrogen (secondary N) is 1. The predicted octanol–water partition coefficient (Wildman–Crippen LogP) is 0.203. The Morgan fingerprint density at radius 2 is 2.36 bits per heavy atom. The van der Waals surface area contributed by atoms with Gasteiger partial charge in [-0.2, -0.15) is 0 Å². The molecule has 0 saturated carbocycles. The Bertz CT molecular complexity index is 556. The van der Waals surface area contributed by atoms with Gasteiger partial charge in [0.1, 0.15) is 11.2 Å². The highest BCUT2D eigenvalue weighted by atomic mass is 16.5. The Morgan fingerprint density at radius 1 is 1.36 bits per heavy atom. The fourth-order valence-electron chi connectivity index (χ4n) is 1.17. The number of H-pyrrole nitrogens is 1. The first kappa shape index (κ1) is 7.13. The van der Waals surface area contributed by atoms with E-state index in [0.29, 0.717) is 22.6 Å². The Labute approximate surface area is 77.2 Å². The van der Waals surface area contributed by atoms with E-state index in [-0.39, 0.29) is 0 Å². The summed E-state index contributed by atoms with van der Waals surface area (Å²) in [5.41, 5.74) is 2.30. The Hall–Kier alpha value is -2.31. The SMILES string of the molecule is [c]1nc(-c2conn2)c2nc[nH]c2n1. The molecule has 0 aromatic carbocycles. The van der Waals surface area contributed by atoms with Crippen molar-refractivity contribution in [2.75, 3.05) is 0 Å². The second kappa shape index (κ2) is 2.59. The van der Waals surface area contributed by atoms with E-state index >= 15 is 0 Å². The van der Waals surface area contributed by atoms with E-state index in [1.54, 1.807) is 0 Å². The van der Waals surface area contributed by atoms with Gasteiger partial charge in [0.15, 0.2) is 17.6 Å². The van der Waals surface area contributed by atoms with Crippen molar-refractivity contribution in [3.63, 3.8) is 0 Å². The first-order valence-electron chi connectivity index (χ1n) is 3.80. The van der Waals surface area contributed by atoms with Gasteiger partial charge in [0.2, 0.25) is 6.33 Å². The summed E-state index contributed by atoms with van der Waals surface area (Å²) >= 11 is 0. The quantitative estimate of drug-likeness (QED) is 0.585. The third-order valence-corrected chi connectivity index (χ3v) is 1.77. The van der Waals surface area contributed by atoms with E-state index in [0.717, 1.165) is 0 Å². The lowest BCUT2D eigenvalue weighted by molar-refractivity contribution is 0.393. The number of nitrogens with zero attached hydrogens (tertiary/aromatic N) is 5. The summed E-state index contributed by atoms with van der Waals surface area (Å²) in [6.07, 6.45) is 5.42. The molecular formula is C7H3N6O. The molecule has 3 rings (SSSR count). The van der Waals surface area contributed by atoms with E-state index in [2.05, 4.69) is 41.2 Å². The molecule has 14 heavy (non-hydrogen) atoms. The fraction of sp³-hybridized carbons (Fsp3) is 0. The van der Waals surface area contributed by atoms with Crippen molar-refractivity contribution in [2.24, 2.45) is 0 Å². The Kier molecular flexibility index (Phi) is 1.32. The smallest absolute Gasteiger partial charge is 0.200 e. The molecule has 0 unspecified atom stereocenters. The molecule has 0 atom stereocenters. The van der Waals surface area contributed by atoms with Gasteiger partial charge in [-0.1, -0.05) is 0 Å². The molecule has 0 aliphatic heterocycles. The summed E-state index contributed by atoms with van der Waals surface area (Å²) in [5, 5.41) is 7.09. The molecule has 7 heteroatoms. The summed E-state index contributed by atoms with van der Waals surface area (Å²) in [4.78, 5) is 14.7. The van der Waals surface area contributed by atoms with Crippen molar-refractivity contribution in [3.8, 4) is 11.4 Å². The number of rotatable bonds is 1. The monoisotopic (exact) mass is 187 g/mol. The van der Waals surface area contributed by atoms with E-state index in [1.807, 2.05) is 0 Å². The molecule has 3 aromatic heterocycles. The van der Waals surface area contributed by atoms with Crippen LogP contribution in [-0.4, -0.2) is 30.3 Å². The van der Waals surface area contributed by atoms with Gasteiger partial charge in [-0.25, -0.2) is 15.0 Å². The highest BCUT2D eigenvalue weighted by Crippen LogP contribution is 2.19. The molecule has 1 radical (unpaired) electrons. The highest BCUT2D eigenvalue weighted by Gasteiger charge is 2.11. The number of hydrogen-bond donors (Lipinski definition) is 1. The fourth-order valence-corrected chi connectivity index (χ4v) is 1.17. The maximum absolute atomic E-state index is 4.62. The molecule has 0 bridgehead atoms. The van der Waals surface area contributed by atoms with Crippen molar-refractivity contribution in [3.05, 3.63) is 18.9 Å². The van der Waals surface area contributed by atoms with E-state index in [4.69, 9.17) is 0 Å². The molecule has 0 saturated heterocycles. The van der Waals surface area contributed by atoms with Crippen molar-refractivity contribution >= 4 is 11.2 Å². The molecule has 3 heterocycles. The number of aromatic amines is 1. The number of fused-ring (bicyclic) bond motifs is 1. The van der Waals surface area contributed by atoms with Gasteiger partial charge >= 0.3 is 0 Å². The minimum atomic E-state index is 0.515. The van der Waals surface area contributed by atoms with Crippen LogP contribution in [0, 0.1) is 6.33 Å². The van der Waals surface area contributed by atoms with Crippen LogP contribution in [0.2, 0.25) is 0 Å². The summed E-state index contributed by atoms with van der Waals surface area (Å²) in [6, 6.07) is 0. The van der Waals surface area contributed by atoms with E-state index < -0.39 is 0 Å². The van der Waals surface area contributed by atoms with E-state index in [1.165, 1.54) is 12.6 Å². The van der Waals surface area contributed by atoms with Gasteiger partial charge in [-0.15, -0.1) is 5.10 Å². The lowest BCUT2D eigenvalue weighted by atomic mass is 10.3. The van der Waals surface area contributed by atoms with Crippen LogP contribution in [0.1, 0.15) is 0 Å². The van der Waals surface area contributed by atoms with Crippen LogP contribution in [0.5, 0.6) is 0 Å². The summed E-state index contributed by atoms with van der Waals surface area (Å²) < 4.78 is 4.62. The lowest BCUT2D eigenvalue weighted by Crippen LogP contribution is -1.88.